The highest BCUT2D eigenvalue weighted by Crippen LogP contribution is 2.27. The number of aromatic hydroxyl groups is 1. The standard InChI is InChI=1S/C17H28N2O3/c1-16(2,3)11-17(4,5)19-15(21)18-10-12-7-8-13(20)14(9-12)22-6/h7-9,20H,10-11H2,1-6H3,(H2,18,19,21). The summed E-state index contributed by atoms with van der Waals surface area (Å²) in [6, 6.07) is 4.80. The molecular weight excluding hydrogens is 280 g/mol. The molecule has 1 aromatic rings. The van der Waals surface area contributed by atoms with Crippen LogP contribution in [-0.4, -0.2) is 23.8 Å². The van der Waals surface area contributed by atoms with Crippen LogP contribution < -0.4 is 15.4 Å². The Labute approximate surface area is 133 Å². The molecule has 0 aromatic heterocycles. The molecule has 1 aromatic carbocycles. The number of benzene rings is 1. The van der Waals surface area contributed by atoms with Gasteiger partial charge in [0, 0.05) is 12.1 Å². The van der Waals surface area contributed by atoms with E-state index in [9.17, 15) is 9.90 Å². The zero-order valence-corrected chi connectivity index (χ0v) is 14.4. The van der Waals surface area contributed by atoms with E-state index in [0.29, 0.717) is 12.3 Å². The van der Waals surface area contributed by atoms with Crippen LogP contribution in [0.25, 0.3) is 0 Å². The van der Waals surface area contributed by atoms with E-state index < -0.39 is 0 Å². The molecule has 0 heterocycles. The Bertz CT molecular complexity index is 519. The maximum Gasteiger partial charge on any atom is 0.315 e. The minimum Gasteiger partial charge on any atom is -0.504 e. The fraction of sp³-hybridized carbons (Fsp3) is 0.588. The van der Waals surface area contributed by atoms with Gasteiger partial charge in [-0.05, 0) is 43.4 Å². The SMILES string of the molecule is COc1cc(CNC(=O)NC(C)(C)CC(C)(C)C)ccc1O. The highest BCUT2D eigenvalue weighted by Gasteiger charge is 2.26. The Morgan fingerprint density at radius 3 is 2.41 bits per heavy atom. The maximum atomic E-state index is 12.0. The van der Waals surface area contributed by atoms with Crippen LogP contribution >= 0.6 is 0 Å². The number of ether oxygens (including phenoxy) is 1. The quantitative estimate of drug-likeness (QED) is 0.780. The number of urea groups is 1. The zero-order chi connectivity index (χ0) is 17.0. The lowest BCUT2D eigenvalue weighted by atomic mass is 9.82. The van der Waals surface area contributed by atoms with Crippen LogP contribution in [0.1, 0.15) is 46.6 Å². The molecule has 0 unspecified atom stereocenters. The van der Waals surface area contributed by atoms with Gasteiger partial charge in [-0.2, -0.15) is 0 Å². The lowest BCUT2D eigenvalue weighted by molar-refractivity contribution is 0.210. The highest BCUT2D eigenvalue weighted by atomic mass is 16.5. The summed E-state index contributed by atoms with van der Waals surface area (Å²) in [5.41, 5.74) is 0.717. The summed E-state index contributed by atoms with van der Waals surface area (Å²) in [6.45, 7) is 10.8. The van der Waals surface area contributed by atoms with Crippen LogP contribution in [0.15, 0.2) is 18.2 Å². The Morgan fingerprint density at radius 1 is 1.23 bits per heavy atom. The van der Waals surface area contributed by atoms with E-state index >= 15 is 0 Å². The van der Waals surface area contributed by atoms with Gasteiger partial charge >= 0.3 is 6.03 Å². The molecule has 0 atom stereocenters. The van der Waals surface area contributed by atoms with Crippen molar-refractivity contribution in [3.8, 4) is 11.5 Å². The molecule has 1 rings (SSSR count). The molecule has 0 fully saturated rings. The van der Waals surface area contributed by atoms with Crippen LogP contribution in [0.2, 0.25) is 0 Å². The first-order valence-corrected chi connectivity index (χ1v) is 7.44. The number of rotatable bonds is 5. The van der Waals surface area contributed by atoms with Gasteiger partial charge in [-0.3, -0.25) is 0 Å². The Morgan fingerprint density at radius 2 is 1.86 bits per heavy atom. The summed E-state index contributed by atoms with van der Waals surface area (Å²) in [7, 11) is 1.49. The molecule has 0 aliphatic carbocycles. The lowest BCUT2D eigenvalue weighted by Crippen LogP contribution is -2.49. The third kappa shape index (κ3) is 6.24. The Balaban J connectivity index is 2.56. The molecule has 3 N–H and O–H groups in total. The first-order valence-electron chi connectivity index (χ1n) is 7.44. The van der Waals surface area contributed by atoms with Crippen molar-refractivity contribution in [1.29, 1.82) is 0 Å². The minimum absolute atomic E-state index is 0.0852. The molecule has 0 aliphatic heterocycles. The second-order valence-electron chi connectivity index (χ2n) is 7.44. The molecule has 5 nitrogen and oxygen atoms in total. The van der Waals surface area contributed by atoms with E-state index in [4.69, 9.17) is 4.74 Å². The van der Waals surface area contributed by atoms with E-state index in [2.05, 4.69) is 31.4 Å². The van der Waals surface area contributed by atoms with Gasteiger partial charge in [0.25, 0.3) is 0 Å². The molecule has 0 aliphatic rings. The number of hydrogen-bond acceptors (Lipinski definition) is 3. The number of carbonyl (C=O) groups excluding carboxylic acids is 1. The van der Waals surface area contributed by atoms with Crippen molar-refractivity contribution in [2.24, 2.45) is 5.41 Å². The van der Waals surface area contributed by atoms with E-state index in [1.54, 1.807) is 18.2 Å². The predicted octanol–water partition coefficient (Wildman–Crippen LogP) is 3.41. The molecule has 2 amide bonds. The van der Waals surface area contributed by atoms with Gasteiger partial charge in [-0.15, -0.1) is 0 Å². The summed E-state index contributed by atoms with van der Waals surface area (Å²) >= 11 is 0. The Kier molecular flexibility index (Phi) is 5.69. The van der Waals surface area contributed by atoms with Crippen molar-refractivity contribution in [2.75, 3.05) is 7.11 Å². The van der Waals surface area contributed by atoms with Gasteiger partial charge < -0.3 is 20.5 Å². The van der Waals surface area contributed by atoms with Crippen molar-refractivity contribution in [3.63, 3.8) is 0 Å². The maximum absolute atomic E-state index is 12.0. The van der Waals surface area contributed by atoms with Crippen LogP contribution in [-0.2, 0) is 6.54 Å². The van der Waals surface area contributed by atoms with Crippen molar-refractivity contribution < 1.29 is 14.6 Å². The van der Waals surface area contributed by atoms with Gasteiger partial charge in [0.05, 0.1) is 7.11 Å². The average Bonchev–Trinajstić information content (AvgIpc) is 2.34. The van der Waals surface area contributed by atoms with E-state index in [1.165, 1.54) is 7.11 Å². The monoisotopic (exact) mass is 308 g/mol. The normalized spacial score (nSPS) is 11.9. The van der Waals surface area contributed by atoms with E-state index in [1.807, 2.05) is 13.8 Å². The minimum atomic E-state index is -0.283. The number of phenolic OH excluding ortho intramolecular Hbond substituents is 1. The average molecular weight is 308 g/mol. The number of amides is 2. The van der Waals surface area contributed by atoms with Gasteiger partial charge in [0.2, 0.25) is 0 Å². The number of hydrogen-bond donors (Lipinski definition) is 3. The number of methoxy groups -OCH3 is 1. The number of nitrogens with one attached hydrogen (secondary N) is 2. The molecule has 5 heteroatoms. The molecule has 0 saturated carbocycles. The van der Waals surface area contributed by atoms with Crippen LogP contribution in [0.4, 0.5) is 4.79 Å². The molecule has 0 spiro atoms. The third-order valence-electron chi connectivity index (χ3n) is 3.12. The highest BCUT2D eigenvalue weighted by molar-refractivity contribution is 5.74. The summed E-state index contributed by atoms with van der Waals surface area (Å²) in [5.74, 6) is 0.481. The molecule has 0 radical (unpaired) electrons. The summed E-state index contributed by atoms with van der Waals surface area (Å²) in [4.78, 5) is 12.0. The number of phenols is 1. The smallest absolute Gasteiger partial charge is 0.315 e. The largest absolute Gasteiger partial charge is 0.504 e. The fourth-order valence-electron chi connectivity index (χ4n) is 2.74. The zero-order valence-electron chi connectivity index (χ0n) is 14.4. The molecule has 124 valence electrons. The van der Waals surface area contributed by atoms with E-state index in [-0.39, 0.29) is 22.7 Å². The van der Waals surface area contributed by atoms with Crippen molar-refractivity contribution in [1.82, 2.24) is 10.6 Å². The fourth-order valence-corrected chi connectivity index (χ4v) is 2.74. The van der Waals surface area contributed by atoms with Gasteiger partial charge in [0.15, 0.2) is 11.5 Å². The third-order valence-corrected chi connectivity index (χ3v) is 3.12. The summed E-state index contributed by atoms with van der Waals surface area (Å²) in [5, 5.41) is 15.4. The topological polar surface area (TPSA) is 70.6 Å². The van der Waals surface area contributed by atoms with Crippen LogP contribution in [0.5, 0.6) is 11.5 Å². The van der Waals surface area contributed by atoms with Gasteiger partial charge in [-0.25, -0.2) is 4.79 Å². The second-order valence-corrected chi connectivity index (χ2v) is 7.44. The van der Waals surface area contributed by atoms with E-state index in [0.717, 1.165) is 12.0 Å². The predicted molar refractivity (Wildman–Crippen MR) is 88.2 cm³/mol. The lowest BCUT2D eigenvalue weighted by Gasteiger charge is -2.33. The van der Waals surface area contributed by atoms with Gasteiger partial charge in [0.1, 0.15) is 0 Å². The number of carbonyl (C=O) groups is 1. The molecule has 0 bridgehead atoms. The van der Waals surface area contributed by atoms with Crippen molar-refractivity contribution in [2.45, 2.75) is 53.1 Å². The molecule has 0 saturated heterocycles. The van der Waals surface area contributed by atoms with Crippen LogP contribution in [0.3, 0.4) is 0 Å². The first-order chi connectivity index (χ1) is 10.0. The summed E-state index contributed by atoms with van der Waals surface area (Å²) in [6.07, 6.45) is 0.875. The van der Waals surface area contributed by atoms with Gasteiger partial charge in [-0.1, -0.05) is 26.8 Å². The second kappa shape index (κ2) is 6.90. The van der Waals surface area contributed by atoms with Crippen molar-refractivity contribution in [3.05, 3.63) is 23.8 Å². The van der Waals surface area contributed by atoms with Crippen LogP contribution in [0, 0.1) is 5.41 Å². The first kappa shape index (κ1) is 18.1. The summed E-state index contributed by atoms with van der Waals surface area (Å²) < 4.78 is 5.05. The van der Waals surface area contributed by atoms with Crippen molar-refractivity contribution >= 4 is 6.03 Å². The molecule has 22 heavy (non-hydrogen) atoms. The Hall–Kier alpha value is -1.91. The molecular formula is C17H28N2O3.